The Morgan fingerprint density at radius 2 is 1.92 bits per heavy atom. The fourth-order valence-electron chi connectivity index (χ4n) is 4.67. The number of alkyl halides is 3. The number of fused-ring (bicyclic) bond motifs is 1. The summed E-state index contributed by atoms with van der Waals surface area (Å²) < 4.78 is 52.9. The van der Waals surface area contributed by atoms with E-state index >= 15 is 0 Å². The first-order chi connectivity index (χ1) is 17.2. The molecule has 0 N–H and O–H groups in total. The second kappa shape index (κ2) is 9.02. The van der Waals surface area contributed by atoms with Gasteiger partial charge in [0.05, 0.1) is 25.2 Å². The van der Waals surface area contributed by atoms with E-state index in [1.807, 2.05) is 30.3 Å². The van der Waals surface area contributed by atoms with Gasteiger partial charge in [0.15, 0.2) is 11.3 Å². The maximum atomic E-state index is 14.0. The summed E-state index contributed by atoms with van der Waals surface area (Å²) in [6, 6.07) is 10.6. The second-order valence-electron chi connectivity index (χ2n) is 8.37. The molecule has 1 aromatic carbocycles. The van der Waals surface area contributed by atoms with Gasteiger partial charge in [-0.25, -0.2) is 9.78 Å². The molecule has 36 heavy (non-hydrogen) atoms. The van der Waals surface area contributed by atoms with Gasteiger partial charge in [0.25, 0.3) is 5.91 Å². The predicted octanol–water partition coefficient (Wildman–Crippen LogP) is 5.44. The molecule has 5 rings (SSSR count). The Morgan fingerprint density at radius 3 is 2.56 bits per heavy atom. The van der Waals surface area contributed by atoms with E-state index in [4.69, 9.17) is 20.8 Å². The van der Waals surface area contributed by atoms with Gasteiger partial charge < -0.3 is 14.1 Å². The Hall–Kier alpha value is -3.79. The number of halogens is 4. The number of furan rings is 1. The monoisotopic (exact) mass is 517 g/mol. The average molecular weight is 518 g/mol. The minimum atomic E-state index is -4.77. The van der Waals surface area contributed by atoms with E-state index in [-0.39, 0.29) is 28.9 Å². The Bertz CT molecular complexity index is 1430. The van der Waals surface area contributed by atoms with Crippen molar-refractivity contribution in [2.24, 2.45) is 0 Å². The number of esters is 1. The maximum absolute atomic E-state index is 14.0. The third kappa shape index (κ3) is 4.01. The Morgan fingerprint density at radius 1 is 1.17 bits per heavy atom. The summed E-state index contributed by atoms with van der Waals surface area (Å²) in [6.45, 7) is 0.175. The molecular weight excluding hydrogens is 499 g/mol. The molecule has 4 heterocycles. The summed E-state index contributed by atoms with van der Waals surface area (Å²) in [5.41, 5.74) is -0.537. The van der Waals surface area contributed by atoms with Crippen molar-refractivity contribution in [3.63, 3.8) is 0 Å². The van der Waals surface area contributed by atoms with E-state index in [1.165, 1.54) is 36.8 Å². The van der Waals surface area contributed by atoms with Gasteiger partial charge in [-0.1, -0.05) is 41.9 Å². The molecule has 0 aliphatic carbocycles. The summed E-state index contributed by atoms with van der Waals surface area (Å²) in [4.78, 5) is 31.6. The number of carbonyl (C=O) groups excluding carboxylic acids is 2. The van der Waals surface area contributed by atoms with Gasteiger partial charge in [-0.3, -0.25) is 9.20 Å². The molecule has 1 fully saturated rings. The number of nitrogens with zero attached hydrogens (tertiary/aromatic N) is 3. The third-order valence-electron chi connectivity index (χ3n) is 6.35. The molecular formula is C25H19ClF3N3O4. The van der Waals surface area contributed by atoms with Gasteiger partial charge in [0.1, 0.15) is 11.2 Å². The first kappa shape index (κ1) is 23.9. The van der Waals surface area contributed by atoms with Crippen molar-refractivity contribution in [1.82, 2.24) is 14.3 Å². The van der Waals surface area contributed by atoms with E-state index in [9.17, 15) is 22.8 Å². The van der Waals surface area contributed by atoms with Crippen molar-refractivity contribution in [2.45, 2.75) is 24.6 Å². The van der Waals surface area contributed by atoms with Crippen LogP contribution in [-0.2, 0) is 15.7 Å². The van der Waals surface area contributed by atoms with Gasteiger partial charge in [-0.15, -0.1) is 0 Å². The molecule has 2 atom stereocenters. The quantitative estimate of drug-likeness (QED) is 0.337. The molecule has 11 heteroatoms. The normalized spacial score (nSPS) is 18.1. The number of hydrogen-bond acceptors (Lipinski definition) is 5. The van der Waals surface area contributed by atoms with Crippen molar-refractivity contribution in [3.05, 3.63) is 83.2 Å². The highest BCUT2D eigenvalue weighted by Crippen LogP contribution is 2.39. The fraction of sp³-hybridized carbons (Fsp3) is 0.240. The maximum Gasteiger partial charge on any atom is 0.420 e. The summed E-state index contributed by atoms with van der Waals surface area (Å²) in [5, 5.41) is -0.294. The van der Waals surface area contributed by atoms with Gasteiger partial charge in [-0.2, -0.15) is 13.2 Å². The Balaban J connectivity index is 1.60. The fourth-order valence-corrected chi connectivity index (χ4v) is 4.92. The molecule has 1 saturated heterocycles. The smallest absolute Gasteiger partial charge is 0.420 e. The van der Waals surface area contributed by atoms with Crippen LogP contribution in [0, 0.1) is 0 Å². The van der Waals surface area contributed by atoms with Crippen LogP contribution in [0.25, 0.3) is 16.8 Å². The van der Waals surface area contributed by atoms with Gasteiger partial charge in [0.2, 0.25) is 0 Å². The van der Waals surface area contributed by atoms with Crippen LogP contribution >= 0.6 is 11.6 Å². The van der Waals surface area contributed by atoms with Crippen LogP contribution in [0.2, 0.25) is 5.15 Å². The molecule has 2 unspecified atom stereocenters. The molecule has 1 aliphatic heterocycles. The van der Waals surface area contributed by atoms with Gasteiger partial charge >= 0.3 is 12.1 Å². The number of ether oxygens (including phenoxy) is 1. The SMILES string of the molecule is COC(=O)C1C(c2ccccc2)CCN1C(=O)c1nc2c(C(F)(F)F)cc(-c3ccoc3)cn2c1Cl. The van der Waals surface area contributed by atoms with Crippen molar-refractivity contribution in [3.8, 4) is 11.1 Å². The topological polar surface area (TPSA) is 77.0 Å². The highest BCUT2D eigenvalue weighted by molar-refractivity contribution is 6.33. The zero-order chi connectivity index (χ0) is 25.6. The van der Waals surface area contributed by atoms with E-state index in [0.717, 1.165) is 16.0 Å². The third-order valence-corrected chi connectivity index (χ3v) is 6.71. The zero-order valence-corrected chi connectivity index (χ0v) is 19.6. The summed E-state index contributed by atoms with van der Waals surface area (Å²) in [5.74, 6) is -1.74. The van der Waals surface area contributed by atoms with Crippen LogP contribution in [0.15, 0.2) is 65.6 Å². The summed E-state index contributed by atoms with van der Waals surface area (Å²) in [6.07, 6.45) is -0.320. The van der Waals surface area contributed by atoms with Crippen LogP contribution in [0.4, 0.5) is 13.2 Å². The minimum Gasteiger partial charge on any atom is -0.472 e. The number of benzene rings is 1. The number of hydrogen-bond donors (Lipinski definition) is 0. The average Bonchev–Trinajstić information content (AvgIpc) is 3.62. The lowest BCUT2D eigenvalue weighted by atomic mass is 9.91. The number of aromatic nitrogens is 2. The standard InChI is InChI=1S/C25H19ClF3N3O4/c1-35-24(34)20-17(14-5-3-2-4-6-14)7-9-31(20)23(33)19-21(26)32-12-16(15-8-10-36-13-15)11-18(22(32)30-19)25(27,28)29/h2-6,8,10-13,17,20H,7,9H2,1H3. The number of likely N-dealkylation sites (tertiary alicyclic amines) is 1. The molecule has 0 radical (unpaired) electrons. The largest absolute Gasteiger partial charge is 0.472 e. The van der Waals surface area contributed by atoms with E-state index in [1.54, 1.807) is 0 Å². The lowest BCUT2D eigenvalue weighted by Gasteiger charge is -2.25. The summed E-state index contributed by atoms with van der Waals surface area (Å²) >= 11 is 6.45. The van der Waals surface area contributed by atoms with Gasteiger partial charge in [0, 0.05) is 29.8 Å². The molecule has 186 valence electrons. The first-order valence-corrected chi connectivity index (χ1v) is 11.3. The number of carbonyl (C=O) groups is 2. The van der Waals surface area contributed by atoms with Crippen molar-refractivity contribution >= 4 is 29.1 Å². The highest BCUT2D eigenvalue weighted by atomic mass is 35.5. The molecule has 1 amide bonds. The molecule has 3 aromatic heterocycles. The first-order valence-electron chi connectivity index (χ1n) is 11.0. The predicted molar refractivity (Wildman–Crippen MR) is 124 cm³/mol. The van der Waals surface area contributed by atoms with E-state index < -0.39 is 35.3 Å². The molecule has 0 saturated carbocycles. The molecule has 7 nitrogen and oxygen atoms in total. The van der Waals surface area contributed by atoms with Crippen molar-refractivity contribution in [1.29, 1.82) is 0 Å². The lowest BCUT2D eigenvalue weighted by Crippen LogP contribution is -2.43. The number of rotatable bonds is 4. The number of pyridine rings is 1. The lowest BCUT2D eigenvalue weighted by molar-refractivity contribution is -0.145. The number of amides is 1. The van der Waals surface area contributed by atoms with Crippen LogP contribution in [-0.4, -0.2) is 45.9 Å². The van der Waals surface area contributed by atoms with E-state index in [2.05, 4.69) is 4.98 Å². The zero-order valence-electron chi connectivity index (χ0n) is 18.8. The van der Waals surface area contributed by atoms with Crippen LogP contribution in [0.5, 0.6) is 0 Å². The van der Waals surface area contributed by atoms with Crippen molar-refractivity contribution < 1.29 is 31.9 Å². The van der Waals surface area contributed by atoms with Gasteiger partial charge in [-0.05, 0) is 24.1 Å². The molecule has 0 spiro atoms. The van der Waals surface area contributed by atoms with Crippen LogP contribution in [0.1, 0.15) is 34.0 Å². The second-order valence-corrected chi connectivity index (χ2v) is 8.73. The molecule has 1 aliphatic rings. The highest BCUT2D eigenvalue weighted by Gasteiger charge is 2.45. The molecule has 0 bridgehead atoms. The van der Waals surface area contributed by atoms with E-state index in [0.29, 0.717) is 12.0 Å². The Kier molecular flexibility index (Phi) is 5.99. The summed E-state index contributed by atoms with van der Waals surface area (Å²) in [7, 11) is 1.22. The minimum absolute atomic E-state index is 0.175. The molecule has 4 aromatic rings. The number of methoxy groups -OCH3 is 1. The number of imidazole rings is 1. The van der Waals surface area contributed by atoms with Crippen LogP contribution in [0.3, 0.4) is 0 Å². The Labute approximate surface area is 208 Å². The van der Waals surface area contributed by atoms with Crippen molar-refractivity contribution in [2.75, 3.05) is 13.7 Å². The van der Waals surface area contributed by atoms with Crippen LogP contribution < -0.4 is 0 Å².